The molecule has 1 amide bonds. The van der Waals surface area contributed by atoms with Crippen LogP contribution in [0.5, 0.6) is 0 Å². The molecule has 20 heteroatoms. The highest BCUT2D eigenvalue weighted by atomic mass is 32.1. The summed E-state index contributed by atoms with van der Waals surface area (Å²) >= 11 is 1.19. The number of aliphatic hydroxyl groups is 1. The Balaban J connectivity index is 0.00000115. The second kappa shape index (κ2) is 31.4. The van der Waals surface area contributed by atoms with E-state index in [1.807, 2.05) is 27.7 Å². The number of carboxylic acids is 2. The lowest BCUT2D eigenvalue weighted by Gasteiger charge is -2.32. The number of carboxylic acid groups (broad SMARTS) is 2. The molecule has 0 aromatic carbocycles. The molecule has 17 nitrogen and oxygen atoms in total. The molecule has 1 saturated carbocycles. The smallest absolute Gasteiger partial charge is 0.303 e. The van der Waals surface area contributed by atoms with Gasteiger partial charge < -0.3 is 36.0 Å². The summed E-state index contributed by atoms with van der Waals surface area (Å²) in [6, 6.07) is 1.84. The standard InChI is InChI=1S/C33H41F2N9O3S.C4H6O4.C2H6O.2C2H6/c1-22(47-17-16-43-14-12-42(2)13-15-43)8-11-29(45)44-20-23(18-38-44)33-40-27(21-48-33)32(46)39-26(19-37-24-6-4-3-5-7-24)30(36)31-25(34)9-10-28(35)41-31;5-3(6)1-2-4(7)8;1-2-3;2*1-2/h9-10,18-21,24H,1,3-8,11-17,36H2,2H3,(H,39,46);1-2H2,(H,5,6)(H,7,8);3H,2H2,1H3;2*1-2H3/b30-26+,37-19?;;;;. The number of likely N-dealkylation sites (N-methyl/N-ethyl adjacent to an activating group) is 1. The van der Waals surface area contributed by atoms with Crippen LogP contribution in [0, 0.1) is 11.8 Å². The zero-order valence-electron chi connectivity index (χ0n) is 37.3. The summed E-state index contributed by atoms with van der Waals surface area (Å²) in [4.78, 5) is 62.6. The molecule has 1 aliphatic heterocycles. The number of carbonyl (C=O) groups is 4. The van der Waals surface area contributed by atoms with Crippen molar-refractivity contribution in [3.63, 3.8) is 0 Å². The molecular weight excluding hydrogens is 841 g/mol. The van der Waals surface area contributed by atoms with Crippen LogP contribution in [0.2, 0.25) is 0 Å². The van der Waals surface area contributed by atoms with Gasteiger partial charge in [0.25, 0.3) is 5.91 Å². The number of nitrogens with one attached hydrogen (secondary N) is 1. The van der Waals surface area contributed by atoms with Crippen molar-refractivity contribution in [2.24, 2.45) is 10.7 Å². The van der Waals surface area contributed by atoms with Crippen LogP contribution in [0.4, 0.5) is 8.78 Å². The summed E-state index contributed by atoms with van der Waals surface area (Å²) in [6.07, 6.45) is 9.35. The number of thiazole rings is 1. The van der Waals surface area contributed by atoms with E-state index in [1.165, 1.54) is 28.4 Å². The van der Waals surface area contributed by atoms with Gasteiger partial charge in [-0.15, -0.1) is 11.3 Å². The number of nitrogens with zero attached hydrogens (tertiary/aromatic N) is 7. The van der Waals surface area contributed by atoms with Gasteiger partial charge in [-0.2, -0.15) is 9.49 Å². The maximum Gasteiger partial charge on any atom is 0.303 e. The summed E-state index contributed by atoms with van der Waals surface area (Å²) in [5.41, 5.74) is 6.10. The SMILES string of the molecule is C=C(CCC(=O)n1cc(-c2nc(C(=O)N/C(C=NC3CCCCC3)=C(/N)c3nc(F)ccc3F)cs2)cn1)OCCN1CCN(C)CC1.CC.CC.CCO.O=C(O)CCC(=O)O. The number of hydrogen-bond donors (Lipinski definition) is 5. The molecule has 5 rings (SSSR count). The van der Waals surface area contributed by atoms with Crippen LogP contribution < -0.4 is 11.1 Å². The molecule has 2 fully saturated rings. The Kier molecular flexibility index (Phi) is 27.7. The maximum absolute atomic E-state index is 14.5. The number of aromatic nitrogens is 4. The summed E-state index contributed by atoms with van der Waals surface area (Å²) in [6.45, 7) is 19.3. The third-order valence-corrected chi connectivity index (χ3v) is 9.79. The molecule has 1 saturated heterocycles. The lowest BCUT2D eigenvalue weighted by molar-refractivity contribution is -0.143. The second-order valence-corrected chi connectivity index (χ2v) is 14.4. The second-order valence-electron chi connectivity index (χ2n) is 13.6. The fourth-order valence-corrected chi connectivity index (χ4v) is 6.39. The van der Waals surface area contributed by atoms with Gasteiger partial charge in [-0.05, 0) is 38.9 Å². The molecule has 350 valence electrons. The van der Waals surface area contributed by atoms with E-state index < -0.39 is 35.3 Å². The highest BCUT2D eigenvalue weighted by molar-refractivity contribution is 7.13. The van der Waals surface area contributed by atoms with Gasteiger partial charge >= 0.3 is 11.9 Å². The molecule has 63 heavy (non-hydrogen) atoms. The van der Waals surface area contributed by atoms with Gasteiger partial charge in [0, 0.05) is 75.5 Å². The van der Waals surface area contributed by atoms with Gasteiger partial charge in [-0.3, -0.25) is 29.1 Å². The first-order valence-corrected chi connectivity index (χ1v) is 22.0. The number of amides is 1. The molecule has 4 heterocycles. The van der Waals surface area contributed by atoms with E-state index >= 15 is 0 Å². The average Bonchev–Trinajstić information content (AvgIpc) is 3.99. The van der Waals surface area contributed by atoms with Crippen LogP contribution in [-0.2, 0) is 14.3 Å². The van der Waals surface area contributed by atoms with E-state index in [1.54, 1.807) is 18.5 Å². The van der Waals surface area contributed by atoms with E-state index in [-0.39, 0.29) is 54.9 Å². The normalized spacial score (nSPS) is 14.5. The van der Waals surface area contributed by atoms with Crippen molar-refractivity contribution >= 4 is 47.0 Å². The Morgan fingerprint density at radius 1 is 0.984 bits per heavy atom. The number of hydrogen-bond acceptors (Lipinski definition) is 14. The summed E-state index contributed by atoms with van der Waals surface area (Å²) in [5.74, 6) is -4.22. The predicted octanol–water partition coefficient (Wildman–Crippen LogP) is 6.33. The van der Waals surface area contributed by atoms with Crippen molar-refractivity contribution in [3.8, 4) is 10.6 Å². The van der Waals surface area contributed by atoms with Crippen molar-refractivity contribution in [1.29, 1.82) is 0 Å². The summed E-state index contributed by atoms with van der Waals surface area (Å²) in [7, 11) is 2.12. The van der Waals surface area contributed by atoms with Crippen LogP contribution in [0.1, 0.15) is 113 Å². The van der Waals surface area contributed by atoms with Gasteiger partial charge in [0.05, 0.1) is 42.2 Å². The minimum absolute atomic E-state index is 0.0135. The molecule has 0 radical (unpaired) electrons. The Morgan fingerprint density at radius 2 is 1.60 bits per heavy atom. The fraction of sp³-hybridized carbons (Fsp3) is 0.535. The number of nitrogens with two attached hydrogens (primary N) is 1. The Hall–Kier alpha value is -5.44. The first-order chi connectivity index (χ1) is 30.2. The molecule has 2 aliphatic rings. The number of rotatable bonds is 16. The predicted molar refractivity (Wildman–Crippen MR) is 240 cm³/mol. The van der Waals surface area contributed by atoms with E-state index in [9.17, 15) is 28.0 Å². The lowest BCUT2D eigenvalue weighted by atomic mass is 9.96. The van der Waals surface area contributed by atoms with Gasteiger partial charge in [-0.25, -0.2) is 19.0 Å². The third-order valence-electron chi connectivity index (χ3n) is 8.90. The molecule has 6 N–H and O–H groups in total. The number of ether oxygens (including phenoxy) is 1. The van der Waals surface area contributed by atoms with Crippen LogP contribution in [0.3, 0.4) is 0 Å². The molecule has 0 bridgehead atoms. The highest BCUT2D eigenvalue weighted by Crippen LogP contribution is 2.25. The molecular formula is C43H65F2N9O8S. The maximum atomic E-state index is 14.5. The van der Waals surface area contributed by atoms with Gasteiger partial charge in [0.2, 0.25) is 11.9 Å². The minimum Gasteiger partial charge on any atom is -0.497 e. The quantitative estimate of drug-likeness (QED) is 0.0601. The number of aliphatic imine (C=N–C) groups is 1. The topological polar surface area (TPSA) is 239 Å². The van der Waals surface area contributed by atoms with Crippen molar-refractivity contribution in [2.75, 3.05) is 53.0 Å². The minimum atomic E-state index is -1.08. The van der Waals surface area contributed by atoms with Gasteiger partial charge in [0.15, 0.2) is 5.82 Å². The number of aliphatic carboxylic acids is 2. The fourth-order valence-electron chi connectivity index (χ4n) is 5.62. The van der Waals surface area contributed by atoms with E-state index in [0.717, 1.165) is 77.0 Å². The zero-order valence-corrected chi connectivity index (χ0v) is 38.1. The molecule has 0 atom stereocenters. The Bertz CT molecular complexity index is 1910. The van der Waals surface area contributed by atoms with E-state index in [2.05, 4.69) is 48.8 Å². The summed E-state index contributed by atoms with van der Waals surface area (Å²) in [5, 5.41) is 32.2. The van der Waals surface area contributed by atoms with Gasteiger partial charge in [0.1, 0.15) is 23.0 Å². The third kappa shape index (κ3) is 21.5. The van der Waals surface area contributed by atoms with Crippen LogP contribution in [0.25, 0.3) is 16.3 Å². The number of aliphatic hydroxyl groups excluding tert-OH is 1. The largest absolute Gasteiger partial charge is 0.497 e. The van der Waals surface area contributed by atoms with E-state index in [4.69, 9.17) is 25.8 Å². The molecule has 3 aromatic rings. The Labute approximate surface area is 372 Å². The average molecular weight is 906 g/mol. The lowest BCUT2D eigenvalue weighted by Crippen LogP contribution is -2.45. The van der Waals surface area contributed by atoms with Crippen molar-refractivity contribution in [3.05, 3.63) is 71.1 Å². The highest BCUT2D eigenvalue weighted by Gasteiger charge is 2.20. The molecule has 0 spiro atoms. The zero-order chi connectivity index (χ0) is 47.3. The number of pyridine rings is 1. The molecule has 1 aliphatic carbocycles. The van der Waals surface area contributed by atoms with Crippen LogP contribution in [0.15, 0.2) is 52.9 Å². The first-order valence-electron chi connectivity index (χ1n) is 21.2. The number of carbonyl (C=O) groups excluding carboxylic acids is 2. The van der Waals surface area contributed by atoms with Crippen LogP contribution in [-0.4, -0.2) is 134 Å². The molecule has 3 aromatic heterocycles. The van der Waals surface area contributed by atoms with Crippen molar-refractivity contribution < 1.29 is 48.0 Å². The number of allylic oxidation sites excluding steroid dienone is 2. The first kappa shape index (κ1) is 55.6. The van der Waals surface area contributed by atoms with Crippen molar-refractivity contribution in [1.82, 2.24) is 34.9 Å². The molecule has 0 unspecified atom stereocenters. The van der Waals surface area contributed by atoms with E-state index in [0.29, 0.717) is 29.4 Å². The van der Waals surface area contributed by atoms with Crippen molar-refractivity contribution in [2.45, 2.75) is 98.4 Å². The monoisotopic (exact) mass is 905 g/mol. The van der Waals surface area contributed by atoms with Crippen LogP contribution >= 0.6 is 11.3 Å². The Morgan fingerprint density at radius 3 is 2.21 bits per heavy atom. The van der Waals surface area contributed by atoms with Gasteiger partial charge in [-0.1, -0.05) is 53.5 Å². The summed E-state index contributed by atoms with van der Waals surface area (Å²) < 4.78 is 35.4. The number of halogens is 2. The number of piperazine rings is 1.